The molecule has 0 bridgehead atoms. The van der Waals surface area contributed by atoms with E-state index in [1.165, 1.54) is 0 Å². The maximum absolute atomic E-state index is 12.8. The standard InChI is InChI=1S/C18H28N4O3/c1-4-5-12(2)22-11-15(10-16(22)23)18(24)21-8-6-14(7-9-21)17-19-13(3)20-25-17/h12,14-15H,4-11H2,1-3H3. The predicted molar refractivity (Wildman–Crippen MR) is 91.8 cm³/mol. The van der Waals surface area contributed by atoms with Gasteiger partial charge < -0.3 is 14.3 Å². The third-order valence-electron chi connectivity index (χ3n) is 5.45. The van der Waals surface area contributed by atoms with Gasteiger partial charge in [-0.1, -0.05) is 18.5 Å². The van der Waals surface area contributed by atoms with Crippen LogP contribution >= 0.6 is 0 Å². The Labute approximate surface area is 148 Å². The average Bonchev–Trinajstić information content (AvgIpc) is 3.20. The van der Waals surface area contributed by atoms with Crippen molar-refractivity contribution in [2.45, 2.75) is 64.8 Å². The van der Waals surface area contributed by atoms with Gasteiger partial charge >= 0.3 is 0 Å². The van der Waals surface area contributed by atoms with E-state index in [2.05, 4.69) is 24.0 Å². The van der Waals surface area contributed by atoms with Crippen molar-refractivity contribution in [2.24, 2.45) is 5.92 Å². The molecule has 2 fully saturated rings. The number of carbonyl (C=O) groups excluding carboxylic acids is 2. The molecule has 138 valence electrons. The molecular weight excluding hydrogens is 320 g/mol. The van der Waals surface area contributed by atoms with E-state index in [0.717, 1.165) is 25.7 Å². The van der Waals surface area contributed by atoms with Gasteiger partial charge in [0.1, 0.15) is 0 Å². The number of amides is 2. The first kappa shape index (κ1) is 17.9. The lowest BCUT2D eigenvalue weighted by molar-refractivity contribution is -0.137. The van der Waals surface area contributed by atoms with Crippen LogP contribution in [0, 0.1) is 12.8 Å². The van der Waals surface area contributed by atoms with Crippen LogP contribution in [0.3, 0.4) is 0 Å². The molecular formula is C18H28N4O3. The summed E-state index contributed by atoms with van der Waals surface area (Å²) >= 11 is 0. The first-order valence-corrected chi connectivity index (χ1v) is 9.38. The first-order valence-electron chi connectivity index (χ1n) is 9.38. The molecule has 1 aromatic heterocycles. The average molecular weight is 348 g/mol. The Morgan fingerprint density at radius 1 is 1.36 bits per heavy atom. The van der Waals surface area contributed by atoms with Crippen molar-refractivity contribution in [1.82, 2.24) is 19.9 Å². The maximum Gasteiger partial charge on any atom is 0.229 e. The summed E-state index contributed by atoms with van der Waals surface area (Å²) in [5, 5.41) is 3.85. The number of aryl methyl sites for hydroxylation is 1. The van der Waals surface area contributed by atoms with Gasteiger partial charge in [0.25, 0.3) is 0 Å². The Balaban J connectivity index is 1.53. The van der Waals surface area contributed by atoms with Crippen molar-refractivity contribution < 1.29 is 14.1 Å². The summed E-state index contributed by atoms with van der Waals surface area (Å²) in [7, 11) is 0. The lowest BCUT2D eigenvalue weighted by atomic mass is 9.95. The Kier molecular flexibility index (Phi) is 5.39. The SMILES string of the molecule is CCCC(C)N1CC(C(=O)N2CCC(c3nc(C)no3)CC2)CC1=O. The second-order valence-corrected chi connectivity index (χ2v) is 7.36. The third kappa shape index (κ3) is 3.85. The van der Waals surface area contributed by atoms with Gasteiger partial charge in [-0.05, 0) is 33.1 Å². The van der Waals surface area contributed by atoms with Gasteiger partial charge in [-0.15, -0.1) is 0 Å². The van der Waals surface area contributed by atoms with E-state index in [-0.39, 0.29) is 29.7 Å². The number of likely N-dealkylation sites (tertiary alicyclic amines) is 2. The van der Waals surface area contributed by atoms with Gasteiger partial charge in [-0.25, -0.2) is 0 Å². The van der Waals surface area contributed by atoms with Crippen LogP contribution in [-0.2, 0) is 9.59 Å². The van der Waals surface area contributed by atoms with Crippen LogP contribution in [0.1, 0.15) is 63.6 Å². The van der Waals surface area contributed by atoms with Crippen LogP contribution < -0.4 is 0 Å². The first-order chi connectivity index (χ1) is 12.0. The van der Waals surface area contributed by atoms with Gasteiger partial charge in [-0.2, -0.15) is 4.98 Å². The highest BCUT2D eigenvalue weighted by Gasteiger charge is 2.39. The van der Waals surface area contributed by atoms with E-state index in [1.807, 2.05) is 16.7 Å². The molecule has 0 aliphatic carbocycles. The lowest BCUT2D eigenvalue weighted by Crippen LogP contribution is -2.42. The summed E-state index contributed by atoms with van der Waals surface area (Å²) in [5.41, 5.74) is 0. The van der Waals surface area contributed by atoms with Crippen LogP contribution in [0.25, 0.3) is 0 Å². The van der Waals surface area contributed by atoms with Crippen LogP contribution in [0.4, 0.5) is 0 Å². The van der Waals surface area contributed by atoms with Gasteiger partial charge in [0, 0.05) is 38.0 Å². The summed E-state index contributed by atoms with van der Waals surface area (Å²) in [6.45, 7) is 7.97. The van der Waals surface area contributed by atoms with Gasteiger partial charge in [0.15, 0.2) is 5.82 Å². The van der Waals surface area contributed by atoms with Crippen LogP contribution in [0.2, 0.25) is 0 Å². The molecule has 2 aliphatic rings. The molecule has 25 heavy (non-hydrogen) atoms. The molecule has 2 saturated heterocycles. The number of hydrogen-bond donors (Lipinski definition) is 0. The highest BCUT2D eigenvalue weighted by molar-refractivity contribution is 5.89. The highest BCUT2D eigenvalue weighted by atomic mass is 16.5. The molecule has 7 heteroatoms. The monoisotopic (exact) mass is 348 g/mol. The lowest BCUT2D eigenvalue weighted by Gasteiger charge is -2.32. The molecule has 3 rings (SSSR count). The van der Waals surface area contributed by atoms with E-state index >= 15 is 0 Å². The summed E-state index contributed by atoms with van der Waals surface area (Å²) < 4.78 is 5.26. The number of carbonyl (C=O) groups is 2. The van der Waals surface area contributed by atoms with Crippen molar-refractivity contribution in [1.29, 1.82) is 0 Å². The highest BCUT2D eigenvalue weighted by Crippen LogP contribution is 2.29. The molecule has 0 aromatic carbocycles. The Morgan fingerprint density at radius 3 is 2.68 bits per heavy atom. The minimum absolute atomic E-state index is 0.121. The maximum atomic E-state index is 12.8. The predicted octanol–water partition coefficient (Wildman–Crippen LogP) is 2.12. The van der Waals surface area contributed by atoms with Crippen molar-refractivity contribution in [3.8, 4) is 0 Å². The van der Waals surface area contributed by atoms with Crippen LogP contribution in [0.5, 0.6) is 0 Å². The number of aromatic nitrogens is 2. The minimum atomic E-state index is -0.186. The fourth-order valence-corrected chi connectivity index (χ4v) is 3.98. The third-order valence-corrected chi connectivity index (χ3v) is 5.45. The zero-order chi connectivity index (χ0) is 18.0. The zero-order valence-electron chi connectivity index (χ0n) is 15.4. The minimum Gasteiger partial charge on any atom is -0.342 e. The van der Waals surface area contributed by atoms with Gasteiger partial charge in [0.05, 0.1) is 5.92 Å². The molecule has 2 aliphatic heterocycles. The molecule has 1 aromatic rings. The zero-order valence-corrected chi connectivity index (χ0v) is 15.4. The molecule has 2 unspecified atom stereocenters. The Morgan fingerprint density at radius 2 is 2.08 bits per heavy atom. The smallest absolute Gasteiger partial charge is 0.229 e. The van der Waals surface area contributed by atoms with E-state index in [0.29, 0.717) is 37.8 Å². The normalized spacial score (nSPS) is 23.3. The molecule has 7 nitrogen and oxygen atoms in total. The molecule has 0 radical (unpaired) electrons. The number of rotatable bonds is 5. The number of piperidine rings is 1. The Hall–Kier alpha value is -1.92. The van der Waals surface area contributed by atoms with E-state index < -0.39 is 0 Å². The fraction of sp³-hybridized carbons (Fsp3) is 0.778. The largest absolute Gasteiger partial charge is 0.342 e. The van der Waals surface area contributed by atoms with Crippen LogP contribution in [0.15, 0.2) is 4.52 Å². The molecule has 2 atom stereocenters. The van der Waals surface area contributed by atoms with Gasteiger partial charge in [0.2, 0.25) is 17.7 Å². The summed E-state index contributed by atoms with van der Waals surface area (Å²) in [5.74, 6) is 1.63. The fourth-order valence-electron chi connectivity index (χ4n) is 3.98. The molecule has 0 saturated carbocycles. The second kappa shape index (κ2) is 7.54. The molecule has 3 heterocycles. The van der Waals surface area contributed by atoms with Crippen molar-refractivity contribution in [3.63, 3.8) is 0 Å². The van der Waals surface area contributed by atoms with Gasteiger partial charge in [-0.3, -0.25) is 9.59 Å². The van der Waals surface area contributed by atoms with E-state index in [9.17, 15) is 9.59 Å². The number of hydrogen-bond acceptors (Lipinski definition) is 5. The van der Waals surface area contributed by atoms with E-state index in [1.54, 1.807) is 0 Å². The summed E-state index contributed by atoms with van der Waals surface area (Å²) in [6, 6.07) is 0.224. The molecule has 2 amide bonds. The molecule has 0 N–H and O–H groups in total. The second-order valence-electron chi connectivity index (χ2n) is 7.36. The van der Waals surface area contributed by atoms with E-state index in [4.69, 9.17) is 4.52 Å². The Bertz CT molecular complexity index is 622. The van der Waals surface area contributed by atoms with Crippen LogP contribution in [-0.4, -0.2) is 57.4 Å². The topological polar surface area (TPSA) is 79.5 Å². The number of nitrogens with zero attached hydrogens (tertiary/aromatic N) is 4. The van der Waals surface area contributed by atoms with Crippen molar-refractivity contribution in [3.05, 3.63) is 11.7 Å². The molecule has 0 spiro atoms. The summed E-state index contributed by atoms with van der Waals surface area (Å²) in [4.78, 5) is 33.2. The quantitative estimate of drug-likeness (QED) is 0.814. The van der Waals surface area contributed by atoms with Crippen molar-refractivity contribution >= 4 is 11.8 Å². The van der Waals surface area contributed by atoms with Crippen molar-refractivity contribution in [2.75, 3.05) is 19.6 Å². The summed E-state index contributed by atoms with van der Waals surface area (Å²) in [6.07, 6.45) is 4.07.